The maximum atomic E-state index is 7.67. The van der Waals surface area contributed by atoms with E-state index in [4.69, 9.17) is 13.1 Å². The van der Waals surface area contributed by atoms with Gasteiger partial charge in [0.25, 0.3) is 0 Å². The molecule has 0 aromatic rings. The van der Waals surface area contributed by atoms with Crippen molar-refractivity contribution in [2.24, 2.45) is 17.8 Å². The monoisotopic (exact) mass is 290 g/mol. The summed E-state index contributed by atoms with van der Waals surface area (Å²) in [7, 11) is 0. The molecular formula is C20H22N2. The van der Waals surface area contributed by atoms with Gasteiger partial charge in [0.1, 0.15) is 12.0 Å². The van der Waals surface area contributed by atoms with Crippen molar-refractivity contribution in [1.82, 2.24) is 0 Å². The highest BCUT2D eigenvalue weighted by atomic mass is 15.0. The van der Waals surface area contributed by atoms with Gasteiger partial charge in [-0.25, -0.2) is 22.8 Å². The van der Waals surface area contributed by atoms with E-state index in [2.05, 4.69) is 28.1 Å². The van der Waals surface area contributed by atoms with Crippen LogP contribution in [0.15, 0.2) is 54.3 Å². The van der Waals surface area contributed by atoms with E-state index in [-0.39, 0.29) is 5.92 Å². The largest absolute Gasteiger partial charge is 0.509 e. The van der Waals surface area contributed by atoms with E-state index >= 15 is 0 Å². The van der Waals surface area contributed by atoms with E-state index in [0.29, 0.717) is 18.3 Å². The molecule has 3 atom stereocenters. The topological polar surface area (TPSA) is 8.72 Å². The molecule has 0 amide bonds. The number of hydrogen-bond donors (Lipinski definition) is 0. The molecule has 0 spiro atoms. The van der Waals surface area contributed by atoms with Gasteiger partial charge >= 0.3 is 5.66 Å². The second-order valence-electron chi connectivity index (χ2n) is 6.05. The van der Waals surface area contributed by atoms with Crippen molar-refractivity contribution < 1.29 is 0 Å². The van der Waals surface area contributed by atoms with Gasteiger partial charge in [-0.15, -0.1) is 5.73 Å². The highest BCUT2D eigenvalue weighted by Gasteiger charge is 2.54. The van der Waals surface area contributed by atoms with Crippen LogP contribution in [0.2, 0.25) is 0 Å². The van der Waals surface area contributed by atoms with Crippen LogP contribution < -0.4 is 0 Å². The van der Waals surface area contributed by atoms with E-state index < -0.39 is 5.66 Å². The van der Waals surface area contributed by atoms with E-state index in [1.165, 1.54) is 19.3 Å². The number of hydrogen-bond acceptors (Lipinski definition) is 0. The van der Waals surface area contributed by atoms with Gasteiger partial charge in [0.2, 0.25) is 0 Å². The minimum atomic E-state index is -1.10. The third kappa shape index (κ3) is 2.99. The van der Waals surface area contributed by atoms with Crippen molar-refractivity contribution in [1.29, 1.82) is 0 Å². The molecule has 0 aliphatic heterocycles. The summed E-state index contributed by atoms with van der Waals surface area (Å²) < 4.78 is 0. The first-order chi connectivity index (χ1) is 10.7. The van der Waals surface area contributed by atoms with E-state index in [1.54, 1.807) is 0 Å². The minimum Gasteiger partial charge on any atom is -0.226 e. The highest BCUT2D eigenvalue weighted by Crippen LogP contribution is 2.50. The van der Waals surface area contributed by atoms with Gasteiger partial charge in [-0.1, -0.05) is 37.0 Å². The van der Waals surface area contributed by atoms with Gasteiger partial charge in [0, 0.05) is 5.92 Å². The van der Waals surface area contributed by atoms with Crippen LogP contribution in [0, 0.1) is 30.9 Å². The Balaban J connectivity index is 2.40. The average Bonchev–Trinajstić information content (AvgIpc) is 2.94. The van der Waals surface area contributed by atoms with Crippen LogP contribution in [0.25, 0.3) is 9.69 Å². The predicted molar refractivity (Wildman–Crippen MR) is 90.6 cm³/mol. The van der Waals surface area contributed by atoms with Crippen LogP contribution in [-0.2, 0) is 0 Å². The first kappa shape index (κ1) is 16.1. The Bertz CT molecular complexity index is 616. The lowest BCUT2D eigenvalue weighted by Crippen LogP contribution is -2.32. The van der Waals surface area contributed by atoms with Crippen LogP contribution in [0.4, 0.5) is 0 Å². The third-order valence-corrected chi connectivity index (χ3v) is 4.77. The summed E-state index contributed by atoms with van der Waals surface area (Å²) >= 11 is 0. The van der Waals surface area contributed by atoms with Crippen molar-refractivity contribution in [2.75, 3.05) is 0 Å². The fourth-order valence-corrected chi connectivity index (χ4v) is 3.69. The SMILES string of the molecule is [C-]#[N+]C(C/C=C/C=C/C)([N+]#[C-])C1=C[C@H]2CC[C@H](C2)[C@@H]1C=C=C. The Morgan fingerprint density at radius 3 is 2.77 bits per heavy atom. The molecule has 0 aromatic heterocycles. The third-order valence-electron chi connectivity index (χ3n) is 4.77. The Kier molecular flexibility index (Phi) is 5.21. The lowest BCUT2D eigenvalue weighted by atomic mass is 9.73. The second kappa shape index (κ2) is 7.13. The molecule has 22 heavy (non-hydrogen) atoms. The first-order valence-electron chi connectivity index (χ1n) is 7.84. The summed E-state index contributed by atoms with van der Waals surface area (Å²) in [6.45, 7) is 21.0. The van der Waals surface area contributed by atoms with Crippen LogP contribution in [0.5, 0.6) is 0 Å². The summed E-state index contributed by atoms with van der Waals surface area (Å²) in [5, 5.41) is 0. The van der Waals surface area contributed by atoms with Crippen molar-refractivity contribution in [3.05, 3.63) is 77.2 Å². The zero-order valence-corrected chi connectivity index (χ0v) is 13.1. The normalized spacial score (nSPS) is 27.2. The molecule has 1 saturated carbocycles. The molecule has 0 unspecified atom stereocenters. The van der Waals surface area contributed by atoms with Gasteiger partial charge in [0.15, 0.2) is 0 Å². The smallest absolute Gasteiger partial charge is 0.226 e. The lowest BCUT2D eigenvalue weighted by molar-refractivity contribution is 0.394. The van der Waals surface area contributed by atoms with Gasteiger partial charge in [-0.3, -0.25) is 0 Å². The number of rotatable bonds is 5. The zero-order valence-electron chi connectivity index (χ0n) is 13.1. The molecule has 0 heterocycles. The molecule has 2 bridgehead atoms. The van der Waals surface area contributed by atoms with Crippen molar-refractivity contribution >= 4 is 0 Å². The van der Waals surface area contributed by atoms with Crippen LogP contribution >= 0.6 is 0 Å². The molecule has 2 heteroatoms. The Labute approximate surface area is 133 Å². The van der Waals surface area contributed by atoms with Crippen molar-refractivity contribution in [3.63, 3.8) is 0 Å². The quantitative estimate of drug-likeness (QED) is 0.279. The summed E-state index contributed by atoms with van der Waals surface area (Å²) in [4.78, 5) is 7.55. The van der Waals surface area contributed by atoms with E-state index in [9.17, 15) is 0 Å². The second-order valence-corrected chi connectivity index (χ2v) is 6.05. The Morgan fingerprint density at radius 2 is 2.14 bits per heavy atom. The van der Waals surface area contributed by atoms with Gasteiger partial charge in [0.05, 0.1) is 0 Å². The van der Waals surface area contributed by atoms with Crippen LogP contribution in [0.1, 0.15) is 32.6 Å². The molecule has 0 saturated heterocycles. The van der Waals surface area contributed by atoms with Crippen molar-refractivity contribution in [3.8, 4) is 0 Å². The van der Waals surface area contributed by atoms with Gasteiger partial charge < -0.3 is 0 Å². The average molecular weight is 290 g/mol. The standard InChI is InChI=1S/C20H22N2/c1-5-7-8-9-13-20(21-3,22-4)19-15-16-11-12-17(14-16)18(19)10-6-2/h5,7-10,15-18H,2,11-14H2,1H3/b7-5+,9-8+/t16-,17+,18-/m0/s1. The minimum absolute atomic E-state index is 0.148. The molecule has 1 fully saturated rings. The van der Waals surface area contributed by atoms with Crippen LogP contribution in [0.3, 0.4) is 0 Å². The predicted octanol–water partition coefficient (Wildman–Crippen LogP) is 5.36. The van der Waals surface area contributed by atoms with E-state index in [1.807, 2.05) is 37.3 Å². The summed E-state index contributed by atoms with van der Waals surface area (Å²) in [5.74, 6) is 1.23. The molecule has 112 valence electrons. The molecule has 2 aliphatic rings. The Morgan fingerprint density at radius 1 is 1.36 bits per heavy atom. The summed E-state index contributed by atoms with van der Waals surface area (Å²) in [6, 6.07) is 0. The maximum Gasteiger partial charge on any atom is 0.509 e. The van der Waals surface area contributed by atoms with Crippen molar-refractivity contribution in [2.45, 2.75) is 38.3 Å². The lowest BCUT2D eigenvalue weighted by Gasteiger charge is -2.28. The molecule has 2 aliphatic carbocycles. The van der Waals surface area contributed by atoms with Gasteiger partial charge in [-0.05, 0) is 44.1 Å². The molecule has 2 rings (SSSR count). The maximum absolute atomic E-state index is 7.67. The van der Waals surface area contributed by atoms with E-state index in [0.717, 1.165) is 5.57 Å². The molecule has 0 N–H and O–H groups in total. The molecule has 0 aromatic carbocycles. The number of allylic oxidation sites excluding steroid dienone is 5. The first-order valence-corrected chi connectivity index (χ1v) is 7.84. The fraction of sp³-hybridized carbons (Fsp3) is 0.450. The van der Waals surface area contributed by atoms with Crippen LogP contribution in [-0.4, -0.2) is 5.66 Å². The van der Waals surface area contributed by atoms with Gasteiger partial charge in [-0.2, -0.15) is 0 Å². The molecule has 2 nitrogen and oxygen atoms in total. The molecule has 0 radical (unpaired) electrons. The zero-order chi connectivity index (χ0) is 16.0. The molecular weight excluding hydrogens is 268 g/mol. The number of fused-ring (bicyclic) bond motifs is 2. The summed E-state index contributed by atoms with van der Waals surface area (Å²) in [5.41, 5.74) is 2.78. The highest BCUT2D eigenvalue weighted by molar-refractivity contribution is 5.39. The fourth-order valence-electron chi connectivity index (χ4n) is 3.69. The Hall–Kier alpha value is -2.28. The summed E-state index contributed by atoms with van der Waals surface area (Å²) in [6.07, 6.45) is 15.9. The number of nitrogens with zero attached hydrogens (tertiary/aromatic N) is 2.